The Bertz CT molecular complexity index is 898. The number of anilines is 1. The van der Waals surface area contributed by atoms with Crippen molar-refractivity contribution in [2.24, 2.45) is 12.1 Å². The highest BCUT2D eigenvalue weighted by Crippen LogP contribution is 2.26. The molecule has 3 aromatic rings. The molecule has 122 valence electrons. The van der Waals surface area contributed by atoms with Gasteiger partial charge < -0.3 is 4.42 Å². The molecule has 0 saturated carbocycles. The van der Waals surface area contributed by atoms with E-state index in [2.05, 4.69) is 15.6 Å². The quantitative estimate of drug-likeness (QED) is 0.432. The van der Waals surface area contributed by atoms with E-state index in [1.165, 1.54) is 12.1 Å². The molecule has 9 heteroatoms. The summed E-state index contributed by atoms with van der Waals surface area (Å²) in [6, 6.07) is 9.87. The largest absolute Gasteiger partial charge is 0.433 e. The third kappa shape index (κ3) is 3.44. The van der Waals surface area contributed by atoms with Crippen LogP contribution in [0, 0.1) is 10.1 Å². The Kier molecular flexibility index (Phi) is 4.30. The van der Waals surface area contributed by atoms with Crippen molar-refractivity contribution < 1.29 is 9.34 Å². The molecule has 0 bridgehead atoms. The third-order valence-electron chi connectivity index (χ3n) is 3.10. The van der Waals surface area contributed by atoms with E-state index in [-0.39, 0.29) is 5.88 Å². The lowest BCUT2D eigenvalue weighted by atomic mass is 10.2. The van der Waals surface area contributed by atoms with Crippen LogP contribution in [0.25, 0.3) is 11.5 Å². The minimum atomic E-state index is -0.595. The molecule has 2 aromatic heterocycles. The normalized spacial score (nSPS) is 11.1. The summed E-state index contributed by atoms with van der Waals surface area (Å²) in [5.41, 5.74) is 4.76. The molecule has 0 aliphatic heterocycles. The van der Waals surface area contributed by atoms with Gasteiger partial charge in [0.2, 0.25) is 0 Å². The molecule has 3 rings (SSSR count). The Morgan fingerprint density at radius 2 is 2.08 bits per heavy atom. The fraction of sp³-hybridized carbons (Fsp3) is 0.0667. The number of halogens is 1. The van der Waals surface area contributed by atoms with Crippen molar-refractivity contribution in [1.82, 2.24) is 9.78 Å². The van der Waals surface area contributed by atoms with Gasteiger partial charge in [0.1, 0.15) is 10.6 Å². The van der Waals surface area contributed by atoms with Crippen LogP contribution in [0.5, 0.6) is 0 Å². The average molecular weight is 346 g/mol. The summed E-state index contributed by atoms with van der Waals surface area (Å²) >= 11 is 5.82. The van der Waals surface area contributed by atoms with E-state index in [0.717, 1.165) is 5.69 Å². The number of hydrazone groups is 1. The molecule has 0 fully saturated rings. The first-order chi connectivity index (χ1) is 11.5. The second-order valence-electron chi connectivity index (χ2n) is 4.88. The van der Waals surface area contributed by atoms with E-state index in [1.807, 2.05) is 0 Å². The first-order valence-corrected chi connectivity index (χ1v) is 7.23. The molecule has 1 aromatic carbocycles. The molecular weight excluding hydrogens is 334 g/mol. The van der Waals surface area contributed by atoms with Crippen LogP contribution in [-0.4, -0.2) is 20.9 Å². The van der Waals surface area contributed by atoms with Crippen LogP contribution in [0.4, 0.5) is 11.6 Å². The predicted molar refractivity (Wildman–Crippen MR) is 90.2 cm³/mol. The van der Waals surface area contributed by atoms with Crippen molar-refractivity contribution in [2.45, 2.75) is 0 Å². The number of hydrogen-bond donors (Lipinski definition) is 1. The van der Waals surface area contributed by atoms with E-state index in [9.17, 15) is 10.1 Å². The lowest BCUT2D eigenvalue weighted by Crippen LogP contribution is -1.91. The molecule has 8 nitrogen and oxygen atoms in total. The third-order valence-corrected chi connectivity index (χ3v) is 3.36. The summed E-state index contributed by atoms with van der Waals surface area (Å²) in [4.78, 5) is 10.1. The number of furan rings is 1. The molecule has 2 heterocycles. The first kappa shape index (κ1) is 15.8. The molecule has 24 heavy (non-hydrogen) atoms. The second kappa shape index (κ2) is 6.55. The molecular formula is C15H12ClN5O3. The number of rotatable bonds is 5. The molecule has 0 spiro atoms. The van der Waals surface area contributed by atoms with Crippen molar-refractivity contribution in [2.75, 3.05) is 5.43 Å². The van der Waals surface area contributed by atoms with Crippen LogP contribution < -0.4 is 5.43 Å². The standard InChI is InChI=1S/C15H12ClN5O3/c1-20-9-10(8-17-18-12-4-2-11(16)3-5-12)15(19-20)13-6-7-14(24-13)21(22)23/h2-9,18H,1H3. The second-order valence-corrected chi connectivity index (χ2v) is 5.32. The lowest BCUT2D eigenvalue weighted by Gasteiger charge is -1.99. The Labute approximate surface area is 141 Å². The van der Waals surface area contributed by atoms with Gasteiger partial charge in [-0.3, -0.25) is 20.2 Å². The van der Waals surface area contributed by atoms with Gasteiger partial charge in [-0.25, -0.2) is 0 Å². The number of hydrogen-bond acceptors (Lipinski definition) is 6. The first-order valence-electron chi connectivity index (χ1n) is 6.86. The summed E-state index contributed by atoms with van der Waals surface area (Å²) in [6.07, 6.45) is 3.29. The molecule has 0 amide bonds. The monoisotopic (exact) mass is 345 g/mol. The van der Waals surface area contributed by atoms with Gasteiger partial charge in [0.05, 0.1) is 18.0 Å². The SMILES string of the molecule is Cn1cc(C=NNc2ccc(Cl)cc2)c(-c2ccc([N+](=O)[O-])o2)n1. The van der Waals surface area contributed by atoms with E-state index < -0.39 is 4.92 Å². The number of nitro groups is 1. The maximum atomic E-state index is 10.7. The number of aromatic nitrogens is 2. The molecule has 1 N–H and O–H groups in total. The zero-order valence-corrected chi connectivity index (χ0v) is 13.3. The number of nitrogens with one attached hydrogen (secondary N) is 1. The van der Waals surface area contributed by atoms with Gasteiger partial charge >= 0.3 is 5.88 Å². The van der Waals surface area contributed by atoms with Gasteiger partial charge in [0.25, 0.3) is 0 Å². The molecule has 0 aliphatic rings. The molecule has 0 radical (unpaired) electrons. The van der Waals surface area contributed by atoms with E-state index in [0.29, 0.717) is 22.0 Å². The fourth-order valence-corrected chi connectivity index (χ4v) is 2.17. The van der Waals surface area contributed by atoms with Crippen molar-refractivity contribution in [3.63, 3.8) is 0 Å². The minimum Gasteiger partial charge on any atom is -0.399 e. The maximum Gasteiger partial charge on any atom is 0.433 e. The van der Waals surface area contributed by atoms with Crippen LogP contribution in [0.2, 0.25) is 5.02 Å². The van der Waals surface area contributed by atoms with Crippen LogP contribution in [-0.2, 0) is 7.05 Å². The average Bonchev–Trinajstić information content (AvgIpc) is 3.16. The zero-order valence-electron chi connectivity index (χ0n) is 12.5. The van der Waals surface area contributed by atoms with Gasteiger partial charge in [0.15, 0.2) is 5.76 Å². The zero-order chi connectivity index (χ0) is 17.1. The van der Waals surface area contributed by atoms with Crippen LogP contribution in [0.1, 0.15) is 5.56 Å². The van der Waals surface area contributed by atoms with Crippen molar-refractivity contribution in [3.8, 4) is 11.5 Å². The highest BCUT2D eigenvalue weighted by Gasteiger charge is 2.17. The minimum absolute atomic E-state index is 0.301. The van der Waals surface area contributed by atoms with Crippen LogP contribution in [0.15, 0.2) is 52.1 Å². The van der Waals surface area contributed by atoms with Gasteiger partial charge in [-0.15, -0.1) is 0 Å². The summed E-state index contributed by atoms with van der Waals surface area (Å²) in [5.74, 6) is -0.0342. The molecule has 0 saturated heterocycles. The van der Waals surface area contributed by atoms with Gasteiger partial charge in [-0.05, 0) is 30.3 Å². The van der Waals surface area contributed by atoms with Gasteiger partial charge in [-0.1, -0.05) is 11.6 Å². The van der Waals surface area contributed by atoms with Crippen LogP contribution in [0.3, 0.4) is 0 Å². The van der Waals surface area contributed by atoms with Crippen LogP contribution >= 0.6 is 11.6 Å². The molecule has 0 unspecified atom stereocenters. The lowest BCUT2D eigenvalue weighted by molar-refractivity contribution is -0.401. The molecule has 0 aliphatic carbocycles. The number of benzene rings is 1. The van der Waals surface area contributed by atoms with E-state index in [1.54, 1.807) is 48.4 Å². The van der Waals surface area contributed by atoms with Crippen molar-refractivity contribution in [3.05, 3.63) is 63.3 Å². The Balaban J connectivity index is 1.81. The van der Waals surface area contributed by atoms with Crippen molar-refractivity contribution in [1.29, 1.82) is 0 Å². The Morgan fingerprint density at radius 3 is 2.75 bits per heavy atom. The smallest absolute Gasteiger partial charge is 0.399 e. The summed E-state index contributed by atoms with van der Waals surface area (Å²) in [6.45, 7) is 0. The summed E-state index contributed by atoms with van der Waals surface area (Å²) < 4.78 is 6.77. The van der Waals surface area contributed by atoms with Gasteiger partial charge in [0, 0.05) is 23.8 Å². The van der Waals surface area contributed by atoms with E-state index in [4.69, 9.17) is 16.0 Å². The highest BCUT2D eigenvalue weighted by molar-refractivity contribution is 6.30. The maximum absolute atomic E-state index is 10.7. The topological polar surface area (TPSA) is 98.5 Å². The van der Waals surface area contributed by atoms with E-state index >= 15 is 0 Å². The van der Waals surface area contributed by atoms with Crippen molar-refractivity contribution >= 4 is 29.4 Å². The summed E-state index contributed by atoms with van der Waals surface area (Å²) in [7, 11) is 1.74. The molecule has 0 atom stereocenters. The Hall–Kier alpha value is -3.13. The Morgan fingerprint density at radius 1 is 1.33 bits per heavy atom. The van der Waals surface area contributed by atoms with Gasteiger partial charge in [-0.2, -0.15) is 10.2 Å². The predicted octanol–water partition coefficient (Wildman–Crippen LogP) is 3.69. The fourth-order valence-electron chi connectivity index (χ4n) is 2.05. The highest BCUT2D eigenvalue weighted by atomic mass is 35.5. The summed E-state index contributed by atoms with van der Waals surface area (Å²) in [5, 5.41) is 19.8. The number of aryl methyl sites for hydroxylation is 1. The number of nitrogens with zero attached hydrogens (tertiary/aromatic N) is 4.